The quantitative estimate of drug-likeness (QED) is 0.677. The molecule has 0 aromatic rings. The number of hydrogen-bond acceptors (Lipinski definition) is 2. The van der Waals surface area contributed by atoms with Gasteiger partial charge in [-0.2, -0.15) is 0 Å². The normalized spacial score (nSPS) is 30.4. The van der Waals surface area contributed by atoms with E-state index in [0.29, 0.717) is 5.41 Å². The fraction of sp³-hybridized carbons (Fsp3) is 0.867. The summed E-state index contributed by atoms with van der Waals surface area (Å²) >= 11 is 0. The van der Waals surface area contributed by atoms with Crippen molar-refractivity contribution < 1.29 is 0 Å². The summed E-state index contributed by atoms with van der Waals surface area (Å²) in [7, 11) is 6.54. The minimum Gasteiger partial charge on any atom is -0.308 e. The second-order valence-electron chi connectivity index (χ2n) is 6.86. The van der Waals surface area contributed by atoms with E-state index in [4.69, 9.17) is 0 Å². The molecule has 17 heavy (non-hydrogen) atoms. The highest BCUT2D eigenvalue weighted by Crippen LogP contribution is 2.59. The van der Waals surface area contributed by atoms with Crippen LogP contribution in [0.3, 0.4) is 0 Å². The molecule has 3 rings (SSSR count). The lowest BCUT2D eigenvalue weighted by Crippen LogP contribution is -2.49. The van der Waals surface area contributed by atoms with Gasteiger partial charge in [-0.15, -0.1) is 0 Å². The van der Waals surface area contributed by atoms with E-state index in [9.17, 15) is 0 Å². The zero-order valence-electron chi connectivity index (χ0n) is 12.2. The largest absolute Gasteiger partial charge is 0.308 e. The van der Waals surface area contributed by atoms with Crippen LogP contribution >= 0.6 is 0 Å². The maximum Gasteiger partial charge on any atom is 0.0193 e. The summed E-state index contributed by atoms with van der Waals surface area (Å²) in [4.78, 5) is 4.73. The molecule has 0 aromatic carbocycles. The van der Waals surface area contributed by atoms with Crippen molar-refractivity contribution in [2.75, 3.05) is 40.8 Å². The van der Waals surface area contributed by atoms with Gasteiger partial charge in [0.2, 0.25) is 0 Å². The van der Waals surface area contributed by atoms with Crippen molar-refractivity contribution in [1.29, 1.82) is 0 Å². The zero-order valence-corrected chi connectivity index (χ0v) is 12.2. The molecule has 0 radical (unpaired) electrons. The first-order valence-corrected chi connectivity index (χ1v) is 6.93. The molecule has 2 atom stereocenters. The first-order valence-electron chi connectivity index (χ1n) is 6.93. The third-order valence-electron chi connectivity index (χ3n) is 4.96. The highest BCUT2D eigenvalue weighted by molar-refractivity contribution is 5.24. The van der Waals surface area contributed by atoms with Crippen LogP contribution in [-0.2, 0) is 0 Å². The van der Waals surface area contributed by atoms with Crippen molar-refractivity contribution in [2.45, 2.75) is 26.7 Å². The van der Waals surface area contributed by atoms with E-state index >= 15 is 0 Å². The fourth-order valence-electron chi connectivity index (χ4n) is 3.42. The van der Waals surface area contributed by atoms with Gasteiger partial charge in [-0.05, 0) is 51.2 Å². The van der Waals surface area contributed by atoms with Crippen LogP contribution < -0.4 is 0 Å². The smallest absolute Gasteiger partial charge is 0.0193 e. The molecule has 0 aromatic heterocycles. The van der Waals surface area contributed by atoms with Crippen molar-refractivity contribution in [2.24, 2.45) is 17.3 Å². The van der Waals surface area contributed by atoms with Crippen molar-refractivity contribution in [3.05, 3.63) is 11.6 Å². The van der Waals surface area contributed by atoms with Crippen molar-refractivity contribution in [3.8, 4) is 0 Å². The first-order chi connectivity index (χ1) is 7.91. The van der Waals surface area contributed by atoms with E-state index in [2.05, 4.69) is 50.9 Å². The lowest BCUT2D eigenvalue weighted by atomic mass is 9.49. The van der Waals surface area contributed by atoms with Crippen LogP contribution in [0.5, 0.6) is 0 Å². The second-order valence-corrected chi connectivity index (χ2v) is 6.86. The lowest BCUT2D eigenvalue weighted by molar-refractivity contribution is -0.0101. The summed E-state index contributed by atoms with van der Waals surface area (Å²) in [6.45, 7) is 8.41. The Morgan fingerprint density at radius 3 is 2.47 bits per heavy atom. The summed E-state index contributed by atoms with van der Waals surface area (Å²) in [6, 6.07) is 0. The zero-order chi connectivity index (χ0) is 12.6. The van der Waals surface area contributed by atoms with E-state index in [1.54, 1.807) is 5.57 Å². The maximum absolute atomic E-state index is 2.52. The second kappa shape index (κ2) is 4.74. The predicted molar refractivity (Wildman–Crippen MR) is 74.1 cm³/mol. The average Bonchev–Trinajstić information content (AvgIpc) is 2.26. The highest BCUT2D eigenvalue weighted by Gasteiger charge is 2.50. The molecule has 2 heteroatoms. The van der Waals surface area contributed by atoms with E-state index in [-0.39, 0.29) is 0 Å². The Morgan fingerprint density at radius 1 is 1.24 bits per heavy atom. The molecule has 0 heterocycles. The lowest BCUT2D eigenvalue weighted by Gasteiger charge is -2.57. The minimum atomic E-state index is 0.576. The van der Waals surface area contributed by atoms with Gasteiger partial charge in [-0.1, -0.05) is 25.5 Å². The monoisotopic (exact) mass is 236 g/mol. The highest BCUT2D eigenvalue weighted by atomic mass is 15.1. The summed E-state index contributed by atoms with van der Waals surface area (Å²) in [5.41, 5.74) is 2.28. The van der Waals surface area contributed by atoms with Crippen molar-refractivity contribution >= 4 is 0 Å². The van der Waals surface area contributed by atoms with Gasteiger partial charge in [0.15, 0.2) is 0 Å². The Morgan fingerprint density at radius 2 is 1.94 bits per heavy atom. The SMILES string of the molecule is CN(C)CCN(C)CC1=CCC2CC1C2(C)C. The number of rotatable bonds is 5. The van der Waals surface area contributed by atoms with Crippen LogP contribution in [0.1, 0.15) is 26.7 Å². The molecule has 3 aliphatic carbocycles. The molecule has 0 spiro atoms. The number of allylic oxidation sites excluding steroid dienone is 1. The molecule has 0 amide bonds. The number of nitrogens with zero attached hydrogens (tertiary/aromatic N) is 2. The van der Waals surface area contributed by atoms with Crippen LogP contribution in [0.25, 0.3) is 0 Å². The molecule has 2 unspecified atom stereocenters. The van der Waals surface area contributed by atoms with Crippen molar-refractivity contribution in [3.63, 3.8) is 0 Å². The number of hydrogen-bond donors (Lipinski definition) is 0. The minimum absolute atomic E-state index is 0.576. The van der Waals surface area contributed by atoms with E-state index in [1.165, 1.54) is 25.9 Å². The Hall–Kier alpha value is -0.340. The maximum atomic E-state index is 2.52. The van der Waals surface area contributed by atoms with Crippen LogP contribution in [0.2, 0.25) is 0 Å². The fourth-order valence-corrected chi connectivity index (χ4v) is 3.42. The summed E-state index contributed by atoms with van der Waals surface area (Å²) in [5.74, 6) is 1.83. The van der Waals surface area contributed by atoms with Crippen molar-refractivity contribution in [1.82, 2.24) is 9.80 Å². The Bertz CT molecular complexity index is 304. The molecule has 3 aliphatic rings. The van der Waals surface area contributed by atoms with Gasteiger partial charge in [0.1, 0.15) is 0 Å². The van der Waals surface area contributed by atoms with E-state index in [1.807, 2.05) is 0 Å². The molecule has 98 valence electrons. The number of likely N-dealkylation sites (N-methyl/N-ethyl adjacent to an activating group) is 2. The molecule has 0 aliphatic heterocycles. The van der Waals surface area contributed by atoms with E-state index < -0.39 is 0 Å². The standard InChI is InChI=1S/C15H28N2/c1-15(2)13-7-6-12(14(15)10-13)11-17(5)9-8-16(3)4/h6,13-14H,7-11H2,1-5H3. The van der Waals surface area contributed by atoms with Gasteiger partial charge in [0.25, 0.3) is 0 Å². The third-order valence-corrected chi connectivity index (χ3v) is 4.96. The molecule has 1 saturated carbocycles. The van der Waals surface area contributed by atoms with Crippen LogP contribution in [0.4, 0.5) is 0 Å². The molecule has 2 bridgehead atoms. The topological polar surface area (TPSA) is 6.48 Å². The van der Waals surface area contributed by atoms with Gasteiger partial charge < -0.3 is 9.80 Å². The predicted octanol–water partition coefficient (Wildman–Crippen LogP) is 2.47. The third kappa shape index (κ3) is 2.58. The Labute approximate surface area is 107 Å². The van der Waals surface area contributed by atoms with Crippen LogP contribution in [0, 0.1) is 17.3 Å². The number of fused-ring (bicyclic) bond motifs is 1. The van der Waals surface area contributed by atoms with Gasteiger partial charge in [0.05, 0.1) is 0 Å². The molecule has 0 N–H and O–H groups in total. The molecule has 2 nitrogen and oxygen atoms in total. The van der Waals surface area contributed by atoms with Crippen LogP contribution in [-0.4, -0.2) is 50.6 Å². The molecule has 0 saturated heterocycles. The molecule has 1 fully saturated rings. The van der Waals surface area contributed by atoms with Gasteiger partial charge in [-0.3, -0.25) is 0 Å². The first kappa shape index (κ1) is 13.1. The summed E-state index contributed by atoms with van der Waals surface area (Å²) in [6.07, 6.45) is 5.29. The Kier molecular flexibility index (Phi) is 3.65. The van der Waals surface area contributed by atoms with Gasteiger partial charge >= 0.3 is 0 Å². The average molecular weight is 236 g/mol. The summed E-state index contributed by atoms with van der Waals surface area (Å²) in [5, 5.41) is 0. The van der Waals surface area contributed by atoms with Gasteiger partial charge in [-0.25, -0.2) is 0 Å². The van der Waals surface area contributed by atoms with Gasteiger partial charge in [0, 0.05) is 19.6 Å². The molecular weight excluding hydrogens is 208 g/mol. The van der Waals surface area contributed by atoms with E-state index in [0.717, 1.165) is 18.4 Å². The molecular formula is C15H28N2. The Balaban J connectivity index is 1.85. The summed E-state index contributed by atoms with van der Waals surface area (Å²) < 4.78 is 0. The van der Waals surface area contributed by atoms with Crippen LogP contribution in [0.15, 0.2) is 11.6 Å².